The first-order chi connectivity index (χ1) is 14.0. The zero-order chi connectivity index (χ0) is 20.4. The van der Waals surface area contributed by atoms with Crippen LogP contribution >= 0.6 is 0 Å². The summed E-state index contributed by atoms with van der Waals surface area (Å²) in [7, 11) is 0. The first kappa shape index (κ1) is 19.4. The SMILES string of the molecule is Cc1cccc(N2CCN(C(=O)C3CNNC3c3ccc([N+](=O)[O-])cc3)CC2)c1. The van der Waals surface area contributed by atoms with Crippen LogP contribution in [0.3, 0.4) is 0 Å². The molecule has 0 saturated carbocycles. The summed E-state index contributed by atoms with van der Waals surface area (Å²) in [5, 5.41) is 10.9. The van der Waals surface area contributed by atoms with Crippen molar-refractivity contribution in [1.29, 1.82) is 0 Å². The Balaban J connectivity index is 1.40. The van der Waals surface area contributed by atoms with E-state index >= 15 is 0 Å². The third-order valence-electron chi connectivity index (χ3n) is 5.72. The summed E-state index contributed by atoms with van der Waals surface area (Å²) < 4.78 is 0. The van der Waals surface area contributed by atoms with Gasteiger partial charge in [0.15, 0.2) is 0 Å². The van der Waals surface area contributed by atoms with Crippen molar-refractivity contribution in [3.8, 4) is 0 Å². The van der Waals surface area contributed by atoms with Crippen LogP contribution in [0.25, 0.3) is 0 Å². The van der Waals surface area contributed by atoms with Gasteiger partial charge in [-0.05, 0) is 30.2 Å². The summed E-state index contributed by atoms with van der Waals surface area (Å²) in [6.07, 6.45) is 0. The summed E-state index contributed by atoms with van der Waals surface area (Å²) >= 11 is 0. The first-order valence-electron chi connectivity index (χ1n) is 9.86. The summed E-state index contributed by atoms with van der Waals surface area (Å²) in [5.41, 5.74) is 9.59. The minimum absolute atomic E-state index is 0.0508. The number of benzene rings is 2. The number of anilines is 1. The highest BCUT2D eigenvalue weighted by Crippen LogP contribution is 2.28. The number of carbonyl (C=O) groups is 1. The van der Waals surface area contributed by atoms with E-state index in [0.717, 1.165) is 18.7 Å². The summed E-state index contributed by atoms with van der Waals surface area (Å²) in [5.74, 6) is -0.114. The Hall–Kier alpha value is -2.97. The normalized spacial score (nSPS) is 22.0. The number of rotatable bonds is 4. The average molecular weight is 395 g/mol. The van der Waals surface area contributed by atoms with Gasteiger partial charge in [-0.3, -0.25) is 20.3 Å². The quantitative estimate of drug-likeness (QED) is 0.608. The van der Waals surface area contributed by atoms with E-state index in [1.807, 2.05) is 4.90 Å². The summed E-state index contributed by atoms with van der Waals surface area (Å²) in [6.45, 7) is 5.63. The minimum Gasteiger partial charge on any atom is -0.368 e. The molecule has 2 unspecified atom stereocenters. The van der Waals surface area contributed by atoms with Crippen molar-refractivity contribution in [2.24, 2.45) is 5.92 Å². The van der Waals surface area contributed by atoms with E-state index < -0.39 is 4.92 Å². The van der Waals surface area contributed by atoms with Crippen LogP contribution in [0, 0.1) is 23.0 Å². The van der Waals surface area contributed by atoms with Gasteiger partial charge in [0.2, 0.25) is 5.91 Å². The lowest BCUT2D eigenvalue weighted by Crippen LogP contribution is -2.51. The maximum Gasteiger partial charge on any atom is 0.269 e. The predicted molar refractivity (Wildman–Crippen MR) is 110 cm³/mol. The molecular formula is C21H25N5O3. The van der Waals surface area contributed by atoms with E-state index in [4.69, 9.17) is 0 Å². The number of non-ortho nitro benzene ring substituents is 1. The van der Waals surface area contributed by atoms with E-state index in [-0.39, 0.29) is 23.6 Å². The molecule has 2 saturated heterocycles. The number of nitro groups is 1. The van der Waals surface area contributed by atoms with Crippen LogP contribution in [-0.4, -0.2) is 48.5 Å². The highest BCUT2D eigenvalue weighted by Gasteiger charge is 2.37. The highest BCUT2D eigenvalue weighted by atomic mass is 16.6. The number of hydrogen-bond donors (Lipinski definition) is 2. The van der Waals surface area contributed by atoms with Crippen LogP contribution in [0.2, 0.25) is 0 Å². The van der Waals surface area contributed by atoms with Crippen molar-refractivity contribution in [2.45, 2.75) is 13.0 Å². The molecule has 0 aliphatic carbocycles. The van der Waals surface area contributed by atoms with Crippen LogP contribution in [0.1, 0.15) is 17.2 Å². The van der Waals surface area contributed by atoms with E-state index in [9.17, 15) is 14.9 Å². The Labute approximate surface area is 169 Å². The number of nitrogens with zero attached hydrogens (tertiary/aromatic N) is 3. The summed E-state index contributed by atoms with van der Waals surface area (Å²) in [6, 6.07) is 14.6. The van der Waals surface area contributed by atoms with Gasteiger partial charge in [-0.15, -0.1) is 0 Å². The third kappa shape index (κ3) is 4.08. The number of carbonyl (C=O) groups excluding carboxylic acids is 1. The third-order valence-corrected chi connectivity index (χ3v) is 5.72. The Bertz CT molecular complexity index is 893. The molecule has 4 rings (SSSR count). The zero-order valence-corrected chi connectivity index (χ0v) is 16.4. The van der Waals surface area contributed by atoms with Crippen molar-refractivity contribution in [2.75, 3.05) is 37.6 Å². The molecule has 1 amide bonds. The molecule has 0 spiro atoms. The minimum atomic E-state index is -0.416. The fraction of sp³-hybridized carbons (Fsp3) is 0.381. The van der Waals surface area contributed by atoms with Crippen molar-refractivity contribution in [3.63, 3.8) is 0 Å². The van der Waals surface area contributed by atoms with Crippen molar-refractivity contribution < 1.29 is 9.72 Å². The number of amides is 1. The number of aryl methyl sites for hydroxylation is 1. The maximum atomic E-state index is 13.2. The van der Waals surface area contributed by atoms with Gasteiger partial charge < -0.3 is 9.80 Å². The second-order valence-corrected chi connectivity index (χ2v) is 7.61. The Kier molecular flexibility index (Phi) is 5.46. The molecule has 2 aromatic carbocycles. The van der Waals surface area contributed by atoms with Crippen molar-refractivity contribution in [1.82, 2.24) is 15.8 Å². The Morgan fingerprint density at radius 1 is 1.10 bits per heavy atom. The second kappa shape index (κ2) is 8.18. The number of nitro benzene ring substituents is 1. The fourth-order valence-electron chi connectivity index (χ4n) is 4.09. The van der Waals surface area contributed by atoms with Gasteiger partial charge in [0, 0.05) is 50.5 Å². The molecule has 0 bridgehead atoms. The fourth-order valence-corrected chi connectivity index (χ4v) is 4.09. The lowest BCUT2D eigenvalue weighted by molar-refractivity contribution is -0.384. The molecule has 2 aliphatic rings. The van der Waals surface area contributed by atoms with Gasteiger partial charge in [-0.25, -0.2) is 5.43 Å². The van der Waals surface area contributed by atoms with E-state index in [2.05, 4.69) is 46.9 Å². The van der Waals surface area contributed by atoms with Gasteiger partial charge in [0.25, 0.3) is 5.69 Å². The topological polar surface area (TPSA) is 90.8 Å². The number of hydrogen-bond acceptors (Lipinski definition) is 6. The van der Waals surface area contributed by atoms with Crippen LogP contribution in [0.5, 0.6) is 0 Å². The Morgan fingerprint density at radius 2 is 1.83 bits per heavy atom. The van der Waals surface area contributed by atoms with Crippen LogP contribution in [0.4, 0.5) is 11.4 Å². The lowest BCUT2D eigenvalue weighted by atomic mass is 9.93. The molecule has 2 fully saturated rings. The van der Waals surface area contributed by atoms with Gasteiger partial charge >= 0.3 is 0 Å². The average Bonchev–Trinajstić information content (AvgIpc) is 3.23. The monoisotopic (exact) mass is 395 g/mol. The molecule has 152 valence electrons. The van der Waals surface area contributed by atoms with E-state index in [1.54, 1.807) is 12.1 Å². The van der Waals surface area contributed by atoms with Crippen molar-refractivity contribution in [3.05, 3.63) is 69.8 Å². The van der Waals surface area contributed by atoms with Gasteiger partial charge in [0.1, 0.15) is 0 Å². The zero-order valence-electron chi connectivity index (χ0n) is 16.4. The van der Waals surface area contributed by atoms with Gasteiger partial charge in [-0.2, -0.15) is 0 Å². The highest BCUT2D eigenvalue weighted by molar-refractivity contribution is 5.81. The molecule has 2 aromatic rings. The molecule has 2 N–H and O–H groups in total. The molecule has 2 aliphatic heterocycles. The molecule has 8 heteroatoms. The van der Waals surface area contributed by atoms with Crippen LogP contribution < -0.4 is 15.8 Å². The molecular weight excluding hydrogens is 370 g/mol. The number of nitrogens with one attached hydrogen (secondary N) is 2. The smallest absolute Gasteiger partial charge is 0.269 e. The van der Waals surface area contributed by atoms with Crippen LogP contribution in [-0.2, 0) is 4.79 Å². The second-order valence-electron chi connectivity index (χ2n) is 7.61. The van der Waals surface area contributed by atoms with Gasteiger partial charge in [-0.1, -0.05) is 24.3 Å². The number of piperazine rings is 1. The largest absolute Gasteiger partial charge is 0.368 e. The molecule has 2 heterocycles. The Morgan fingerprint density at radius 3 is 2.48 bits per heavy atom. The molecule has 29 heavy (non-hydrogen) atoms. The molecule has 0 aromatic heterocycles. The summed E-state index contributed by atoms with van der Waals surface area (Å²) in [4.78, 5) is 27.9. The van der Waals surface area contributed by atoms with Gasteiger partial charge in [0.05, 0.1) is 16.9 Å². The molecule has 2 atom stereocenters. The standard InChI is InChI=1S/C21H25N5O3/c1-15-3-2-4-18(13-15)24-9-11-25(12-10-24)21(27)19-14-22-23-20(19)16-5-7-17(8-6-16)26(28)29/h2-8,13,19-20,22-23H,9-12,14H2,1H3. The van der Waals surface area contributed by atoms with E-state index in [0.29, 0.717) is 19.6 Å². The predicted octanol–water partition coefficient (Wildman–Crippen LogP) is 2.02. The first-order valence-corrected chi connectivity index (χ1v) is 9.86. The molecule has 8 nitrogen and oxygen atoms in total. The lowest BCUT2D eigenvalue weighted by Gasteiger charge is -2.37. The maximum absolute atomic E-state index is 13.2. The molecule has 0 radical (unpaired) electrons. The number of hydrazine groups is 1. The van der Waals surface area contributed by atoms with Crippen LogP contribution in [0.15, 0.2) is 48.5 Å². The van der Waals surface area contributed by atoms with Crippen molar-refractivity contribution >= 4 is 17.3 Å². The van der Waals surface area contributed by atoms with E-state index in [1.165, 1.54) is 23.4 Å².